The second-order valence-corrected chi connectivity index (χ2v) is 4.07. The van der Waals surface area contributed by atoms with Gasteiger partial charge in [0.2, 0.25) is 0 Å². The average molecular weight is 255 g/mol. The first-order chi connectivity index (χ1) is 9.06. The highest BCUT2D eigenvalue weighted by molar-refractivity contribution is 6.08. The number of hydrogen-bond acceptors (Lipinski definition) is 4. The Morgan fingerprint density at radius 3 is 2.74 bits per heavy atom. The molecule has 2 N–H and O–H groups in total. The number of nitrogens with zero attached hydrogens (tertiary/aromatic N) is 4. The number of nitrogen functional groups attached to an aromatic ring is 1. The van der Waals surface area contributed by atoms with E-state index >= 15 is 0 Å². The predicted molar refractivity (Wildman–Crippen MR) is 71.5 cm³/mol. The van der Waals surface area contributed by atoms with Gasteiger partial charge < -0.3 is 10.6 Å². The summed E-state index contributed by atoms with van der Waals surface area (Å²) in [5.74, 6) is -0.305. The van der Waals surface area contributed by atoms with E-state index in [0.717, 1.165) is 0 Å². The number of benzene rings is 1. The normalized spacial score (nSPS) is 9.95. The van der Waals surface area contributed by atoms with Gasteiger partial charge in [-0.2, -0.15) is 10.4 Å². The second-order valence-electron chi connectivity index (χ2n) is 4.07. The van der Waals surface area contributed by atoms with E-state index in [0.29, 0.717) is 22.6 Å². The molecule has 0 aliphatic heterocycles. The van der Waals surface area contributed by atoms with Crippen LogP contribution in [0.5, 0.6) is 0 Å². The summed E-state index contributed by atoms with van der Waals surface area (Å²) in [7, 11) is 3.25. The topological polar surface area (TPSA) is 87.9 Å². The third kappa shape index (κ3) is 2.13. The lowest BCUT2D eigenvalue weighted by atomic mass is 10.1. The summed E-state index contributed by atoms with van der Waals surface area (Å²) in [6.45, 7) is 0. The molecular formula is C13H13N5O. The van der Waals surface area contributed by atoms with Gasteiger partial charge in [0, 0.05) is 14.1 Å². The van der Waals surface area contributed by atoms with Gasteiger partial charge in [-0.25, -0.2) is 0 Å². The number of nitriles is 1. The minimum Gasteiger partial charge on any atom is -0.396 e. The summed E-state index contributed by atoms with van der Waals surface area (Å²) in [5.41, 5.74) is 7.32. The number of anilines is 2. The molecule has 1 aromatic heterocycles. The SMILES string of the molecule is CN(C(=O)c1c(N)cnn1C)c1ccccc1C#N. The van der Waals surface area contributed by atoms with Crippen molar-refractivity contribution in [3.8, 4) is 6.07 Å². The number of aromatic nitrogens is 2. The summed E-state index contributed by atoms with van der Waals surface area (Å²) in [6.07, 6.45) is 1.43. The van der Waals surface area contributed by atoms with Crippen LogP contribution in [0.1, 0.15) is 16.1 Å². The van der Waals surface area contributed by atoms with Crippen molar-refractivity contribution in [3.63, 3.8) is 0 Å². The van der Waals surface area contributed by atoms with Crippen molar-refractivity contribution in [3.05, 3.63) is 41.7 Å². The van der Waals surface area contributed by atoms with Crippen molar-refractivity contribution in [2.75, 3.05) is 17.7 Å². The van der Waals surface area contributed by atoms with Crippen LogP contribution in [-0.4, -0.2) is 22.7 Å². The van der Waals surface area contributed by atoms with Crippen LogP contribution in [0.3, 0.4) is 0 Å². The summed E-state index contributed by atoms with van der Waals surface area (Å²) >= 11 is 0. The first kappa shape index (κ1) is 12.6. The molecule has 19 heavy (non-hydrogen) atoms. The van der Waals surface area contributed by atoms with Gasteiger partial charge in [0.15, 0.2) is 0 Å². The molecule has 0 saturated heterocycles. The van der Waals surface area contributed by atoms with Crippen molar-refractivity contribution in [2.24, 2.45) is 7.05 Å². The monoisotopic (exact) mass is 255 g/mol. The molecule has 0 radical (unpaired) electrons. The predicted octanol–water partition coefficient (Wildman–Crippen LogP) is 1.15. The first-order valence-corrected chi connectivity index (χ1v) is 5.61. The molecule has 0 fully saturated rings. The Kier molecular flexibility index (Phi) is 3.21. The van der Waals surface area contributed by atoms with E-state index in [1.54, 1.807) is 38.4 Å². The molecule has 6 heteroatoms. The molecule has 0 bridgehead atoms. The van der Waals surface area contributed by atoms with E-state index in [-0.39, 0.29) is 5.91 Å². The van der Waals surface area contributed by atoms with E-state index in [4.69, 9.17) is 11.0 Å². The van der Waals surface area contributed by atoms with Gasteiger partial charge in [0.25, 0.3) is 5.91 Å². The standard InChI is InChI=1S/C13H13N5O/c1-17(11-6-4-3-5-9(11)7-14)13(19)12-10(15)8-16-18(12)2/h3-6,8H,15H2,1-2H3. The van der Waals surface area contributed by atoms with Gasteiger partial charge in [0.05, 0.1) is 23.1 Å². The van der Waals surface area contributed by atoms with E-state index in [1.165, 1.54) is 15.8 Å². The molecule has 0 unspecified atom stereocenters. The number of carbonyl (C=O) groups is 1. The molecule has 6 nitrogen and oxygen atoms in total. The molecule has 0 aliphatic carbocycles. The lowest BCUT2D eigenvalue weighted by Gasteiger charge is -2.18. The van der Waals surface area contributed by atoms with E-state index in [2.05, 4.69) is 11.2 Å². The molecule has 0 saturated carbocycles. The fourth-order valence-electron chi connectivity index (χ4n) is 1.85. The largest absolute Gasteiger partial charge is 0.396 e. The Balaban J connectivity index is 2.43. The average Bonchev–Trinajstić information content (AvgIpc) is 2.76. The van der Waals surface area contributed by atoms with Gasteiger partial charge >= 0.3 is 0 Å². The van der Waals surface area contributed by atoms with E-state index < -0.39 is 0 Å². The lowest BCUT2D eigenvalue weighted by molar-refractivity contribution is 0.0985. The summed E-state index contributed by atoms with van der Waals surface area (Å²) < 4.78 is 1.42. The van der Waals surface area contributed by atoms with Gasteiger partial charge in [-0.3, -0.25) is 9.48 Å². The van der Waals surface area contributed by atoms with Crippen molar-refractivity contribution in [1.29, 1.82) is 5.26 Å². The maximum Gasteiger partial charge on any atom is 0.278 e. The maximum atomic E-state index is 12.4. The van der Waals surface area contributed by atoms with Crippen molar-refractivity contribution in [2.45, 2.75) is 0 Å². The fourth-order valence-corrected chi connectivity index (χ4v) is 1.85. The highest BCUT2D eigenvalue weighted by Crippen LogP contribution is 2.21. The van der Waals surface area contributed by atoms with Crippen LogP contribution < -0.4 is 10.6 Å². The van der Waals surface area contributed by atoms with Crippen LogP contribution in [0.2, 0.25) is 0 Å². The quantitative estimate of drug-likeness (QED) is 0.871. The first-order valence-electron chi connectivity index (χ1n) is 5.61. The number of amides is 1. The number of carbonyl (C=O) groups excluding carboxylic acids is 1. The van der Waals surface area contributed by atoms with E-state index in [9.17, 15) is 4.79 Å². The van der Waals surface area contributed by atoms with Crippen LogP contribution >= 0.6 is 0 Å². The zero-order chi connectivity index (χ0) is 14.0. The van der Waals surface area contributed by atoms with Crippen LogP contribution in [0, 0.1) is 11.3 Å². The van der Waals surface area contributed by atoms with Gasteiger partial charge in [-0.15, -0.1) is 0 Å². The second kappa shape index (κ2) is 4.82. The molecule has 1 aromatic carbocycles. The van der Waals surface area contributed by atoms with Crippen LogP contribution in [0.25, 0.3) is 0 Å². The lowest BCUT2D eigenvalue weighted by Crippen LogP contribution is -2.29. The molecule has 0 atom stereocenters. The Morgan fingerprint density at radius 1 is 1.47 bits per heavy atom. The minimum absolute atomic E-state index is 0.301. The third-order valence-electron chi connectivity index (χ3n) is 2.86. The molecule has 1 amide bonds. The molecule has 2 rings (SSSR count). The summed E-state index contributed by atoms with van der Waals surface area (Å²) in [6, 6.07) is 8.95. The van der Waals surface area contributed by atoms with Crippen molar-refractivity contribution >= 4 is 17.3 Å². The third-order valence-corrected chi connectivity index (χ3v) is 2.86. The summed E-state index contributed by atoms with van der Waals surface area (Å²) in [4.78, 5) is 13.8. The number of hydrogen-bond donors (Lipinski definition) is 1. The molecule has 2 aromatic rings. The Morgan fingerprint density at radius 2 is 2.16 bits per heavy atom. The Hall–Kier alpha value is -2.81. The van der Waals surface area contributed by atoms with Crippen LogP contribution in [0.4, 0.5) is 11.4 Å². The fraction of sp³-hybridized carbons (Fsp3) is 0.154. The van der Waals surface area contributed by atoms with E-state index in [1.807, 2.05) is 0 Å². The Bertz CT molecular complexity index is 648. The van der Waals surface area contributed by atoms with Crippen molar-refractivity contribution < 1.29 is 4.79 Å². The van der Waals surface area contributed by atoms with Gasteiger partial charge in [-0.05, 0) is 12.1 Å². The number of nitrogens with two attached hydrogens (primary N) is 1. The minimum atomic E-state index is -0.305. The maximum absolute atomic E-state index is 12.4. The van der Waals surface area contributed by atoms with Crippen LogP contribution in [0.15, 0.2) is 30.5 Å². The number of rotatable bonds is 2. The smallest absolute Gasteiger partial charge is 0.278 e. The number of aryl methyl sites for hydroxylation is 1. The molecule has 0 aliphatic rings. The van der Waals surface area contributed by atoms with Gasteiger partial charge in [0.1, 0.15) is 11.8 Å². The molecule has 1 heterocycles. The zero-order valence-electron chi connectivity index (χ0n) is 10.7. The van der Waals surface area contributed by atoms with Crippen LogP contribution in [-0.2, 0) is 7.05 Å². The highest BCUT2D eigenvalue weighted by Gasteiger charge is 2.21. The molecular weight excluding hydrogens is 242 g/mol. The summed E-state index contributed by atoms with van der Waals surface area (Å²) in [5, 5.41) is 13.0. The zero-order valence-corrected chi connectivity index (χ0v) is 10.7. The molecule has 0 spiro atoms. The van der Waals surface area contributed by atoms with Crippen molar-refractivity contribution in [1.82, 2.24) is 9.78 Å². The van der Waals surface area contributed by atoms with Gasteiger partial charge in [-0.1, -0.05) is 12.1 Å². The number of para-hydroxylation sites is 1. The Labute approximate surface area is 110 Å². The highest BCUT2D eigenvalue weighted by atomic mass is 16.2. The molecule has 96 valence electrons.